The second kappa shape index (κ2) is 9.49. The lowest BCUT2D eigenvalue weighted by Gasteiger charge is -2.14. The van der Waals surface area contributed by atoms with Crippen LogP contribution >= 0.6 is 23.2 Å². The standard InChI is InChI=1S/C22H19Cl2NO3/c1-2-27-20-13-16(22(26)25-18-10-6-9-17(23)21(18)24)11-12-19(20)28-14-15-7-4-3-5-8-15/h3-13H,2,14H2,1H3,(H,25,26). The van der Waals surface area contributed by atoms with Crippen LogP contribution in [0.25, 0.3) is 0 Å². The molecule has 6 heteroatoms. The second-order valence-corrected chi connectivity index (χ2v) is 6.71. The molecule has 3 aromatic carbocycles. The summed E-state index contributed by atoms with van der Waals surface area (Å²) >= 11 is 12.1. The molecular weight excluding hydrogens is 397 g/mol. The van der Waals surface area contributed by atoms with Gasteiger partial charge in [0.15, 0.2) is 11.5 Å². The predicted octanol–water partition coefficient (Wildman–Crippen LogP) is 6.22. The average molecular weight is 416 g/mol. The van der Waals surface area contributed by atoms with Gasteiger partial charge in [-0.1, -0.05) is 59.6 Å². The molecule has 0 aliphatic rings. The van der Waals surface area contributed by atoms with Gasteiger partial charge < -0.3 is 14.8 Å². The Morgan fingerprint density at radius 2 is 1.71 bits per heavy atom. The Bertz CT molecular complexity index is 961. The molecule has 0 heterocycles. The van der Waals surface area contributed by atoms with Gasteiger partial charge in [-0.15, -0.1) is 0 Å². The molecule has 0 atom stereocenters. The van der Waals surface area contributed by atoms with Crippen molar-refractivity contribution in [3.05, 3.63) is 87.9 Å². The lowest BCUT2D eigenvalue weighted by Crippen LogP contribution is -2.12. The van der Waals surface area contributed by atoms with Crippen LogP contribution in [0.5, 0.6) is 11.5 Å². The van der Waals surface area contributed by atoms with E-state index in [4.69, 9.17) is 32.7 Å². The molecule has 0 spiro atoms. The number of carbonyl (C=O) groups is 1. The summed E-state index contributed by atoms with van der Waals surface area (Å²) in [6.45, 7) is 2.73. The normalized spacial score (nSPS) is 10.4. The number of anilines is 1. The minimum absolute atomic E-state index is 0.297. The van der Waals surface area contributed by atoms with Crippen molar-refractivity contribution in [2.75, 3.05) is 11.9 Å². The van der Waals surface area contributed by atoms with Crippen LogP contribution in [0, 0.1) is 0 Å². The molecule has 3 aromatic rings. The molecular formula is C22H19Cl2NO3. The Hall–Kier alpha value is -2.69. The molecule has 144 valence electrons. The number of rotatable bonds is 7. The maximum Gasteiger partial charge on any atom is 0.255 e. The number of hydrogen-bond acceptors (Lipinski definition) is 3. The largest absolute Gasteiger partial charge is 0.490 e. The van der Waals surface area contributed by atoms with E-state index in [1.165, 1.54) is 0 Å². The highest BCUT2D eigenvalue weighted by Crippen LogP contribution is 2.32. The summed E-state index contributed by atoms with van der Waals surface area (Å²) in [6.07, 6.45) is 0. The molecule has 0 saturated carbocycles. The zero-order valence-electron chi connectivity index (χ0n) is 15.2. The number of halogens is 2. The van der Waals surface area contributed by atoms with Crippen molar-refractivity contribution in [1.29, 1.82) is 0 Å². The minimum Gasteiger partial charge on any atom is -0.490 e. The first-order valence-electron chi connectivity index (χ1n) is 8.77. The van der Waals surface area contributed by atoms with E-state index in [2.05, 4.69) is 5.32 Å². The molecule has 0 unspecified atom stereocenters. The zero-order valence-corrected chi connectivity index (χ0v) is 16.8. The fourth-order valence-corrected chi connectivity index (χ4v) is 2.91. The van der Waals surface area contributed by atoms with Crippen LogP contribution in [0.15, 0.2) is 66.7 Å². The van der Waals surface area contributed by atoms with Crippen molar-refractivity contribution in [2.24, 2.45) is 0 Å². The highest BCUT2D eigenvalue weighted by Gasteiger charge is 2.14. The summed E-state index contributed by atoms with van der Waals surface area (Å²) in [5.41, 5.74) is 1.91. The van der Waals surface area contributed by atoms with E-state index >= 15 is 0 Å². The molecule has 0 aliphatic carbocycles. The Morgan fingerprint density at radius 1 is 0.929 bits per heavy atom. The Labute approximate surface area is 174 Å². The molecule has 0 bridgehead atoms. The quantitative estimate of drug-likeness (QED) is 0.497. The summed E-state index contributed by atoms with van der Waals surface area (Å²) in [4.78, 5) is 12.6. The van der Waals surface area contributed by atoms with Gasteiger partial charge in [0.25, 0.3) is 5.91 Å². The summed E-state index contributed by atoms with van der Waals surface area (Å²) in [5, 5.41) is 3.43. The first-order chi connectivity index (χ1) is 13.6. The molecule has 4 nitrogen and oxygen atoms in total. The first kappa shape index (κ1) is 20.1. The smallest absolute Gasteiger partial charge is 0.255 e. The maximum atomic E-state index is 12.6. The minimum atomic E-state index is -0.320. The van der Waals surface area contributed by atoms with Gasteiger partial charge in [-0.25, -0.2) is 0 Å². The predicted molar refractivity (Wildman–Crippen MR) is 113 cm³/mol. The molecule has 0 fully saturated rings. The monoisotopic (exact) mass is 415 g/mol. The molecule has 28 heavy (non-hydrogen) atoms. The van der Waals surface area contributed by atoms with Crippen LogP contribution in [-0.2, 0) is 6.61 Å². The summed E-state index contributed by atoms with van der Waals surface area (Å²) in [7, 11) is 0. The lowest BCUT2D eigenvalue weighted by molar-refractivity contribution is 0.102. The van der Waals surface area contributed by atoms with Crippen LogP contribution in [0.2, 0.25) is 10.0 Å². The van der Waals surface area contributed by atoms with Crippen molar-refractivity contribution in [2.45, 2.75) is 13.5 Å². The second-order valence-electron chi connectivity index (χ2n) is 5.92. The lowest BCUT2D eigenvalue weighted by atomic mass is 10.1. The van der Waals surface area contributed by atoms with Crippen LogP contribution in [-0.4, -0.2) is 12.5 Å². The summed E-state index contributed by atoms with van der Waals surface area (Å²) in [6, 6.07) is 19.9. The molecule has 0 aliphatic heterocycles. The maximum absolute atomic E-state index is 12.6. The van der Waals surface area contributed by atoms with Gasteiger partial charge in [0.1, 0.15) is 6.61 Å². The highest BCUT2D eigenvalue weighted by molar-refractivity contribution is 6.44. The number of ether oxygens (including phenoxy) is 2. The van der Waals surface area contributed by atoms with Gasteiger partial charge in [0.05, 0.1) is 22.3 Å². The third kappa shape index (κ3) is 4.97. The van der Waals surface area contributed by atoms with Crippen molar-refractivity contribution >= 4 is 34.8 Å². The van der Waals surface area contributed by atoms with Crippen LogP contribution in [0.4, 0.5) is 5.69 Å². The number of hydrogen-bond donors (Lipinski definition) is 1. The summed E-state index contributed by atoms with van der Waals surface area (Å²) in [5.74, 6) is 0.756. The average Bonchev–Trinajstić information content (AvgIpc) is 2.71. The van der Waals surface area contributed by atoms with Crippen LogP contribution in [0.3, 0.4) is 0 Å². The van der Waals surface area contributed by atoms with Crippen molar-refractivity contribution < 1.29 is 14.3 Å². The number of benzene rings is 3. The van der Waals surface area contributed by atoms with Crippen LogP contribution in [0.1, 0.15) is 22.8 Å². The van der Waals surface area contributed by atoms with E-state index < -0.39 is 0 Å². The van der Waals surface area contributed by atoms with E-state index in [1.54, 1.807) is 36.4 Å². The van der Waals surface area contributed by atoms with E-state index in [-0.39, 0.29) is 5.91 Å². The molecule has 3 rings (SSSR count). The van der Waals surface area contributed by atoms with E-state index in [0.29, 0.717) is 46.0 Å². The topological polar surface area (TPSA) is 47.6 Å². The van der Waals surface area contributed by atoms with E-state index in [9.17, 15) is 4.79 Å². The van der Waals surface area contributed by atoms with Gasteiger partial charge >= 0.3 is 0 Å². The third-order valence-electron chi connectivity index (χ3n) is 3.94. The van der Waals surface area contributed by atoms with E-state index in [0.717, 1.165) is 5.56 Å². The van der Waals surface area contributed by atoms with Gasteiger partial charge in [-0.2, -0.15) is 0 Å². The van der Waals surface area contributed by atoms with Crippen molar-refractivity contribution in [3.63, 3.8) is 0 Å². The van der Waals surface area contributed by atoms with Gasteiger partial charge in [0, 0.05) is 5.56 Å². The number of amides is 1. The summed E-state index contributed by atoms with van der Waals surface area (Å²) < 4.78 is 11.5. The van der Waals surface area contributed by atoms with Gasteiger partial charge in [-0.05, 0) is 42.8 Å². The molecule has 0 radical (unpaired) electrons. The fraction of sp³-hybridized carbons (Fsp3) is 0.136. The fourth-order valence-electron chi connectivity index (χ4n) is 2.57. The van der Waals surface area contributed by atoms with Crippen LogP contribution < -0.4 is 14.8 Å². The molecule has 0 saturated heterocycles. The third-order valence-corrected chi connectivity index (χ3v) is 4.76. The zero-order chi connectivity index (χ0) is 19.9. The molecule has 0 aromatic heterocycles. The van der Waals surface area contributed by atoms with Crippen molar-refractivity contribution in [1.82, 2.24) is 0 Å². The highest BCUT2D eigenvalue weighted by atomic mass is 35.5. The SMILES string of the molecule is CCOc1cc(C(=O)Nc2cccc(Cl)c2Cl)ccc1OCc1ccccc1. The molecule has 1 amide bonds. The first-order valence-corrected chi connectivity index (χ1v) is 9.53. The Kier molecular flexibility index (Phi) is 6.80. The molecule has 1 N–H and O–H groups in total. The number of nitrogens with one attached hydrogen (secondary N) is 1. The van der Waals surface area contributed by atoms with Gasteiger partial charge in [-0.3, -0.25) is 4.79 Å². The van der Waals surface area contributed by atoms with Crippen molar-refractivity contribution in [3.8, 4) is 11.5 Å². The Morgan fingerprint density at radius 3 is 2.46 bits per heavy atom. The van der Waals surface area contributed by atoms with E-state index in [1.807, 2.05) is 37.3 Å². The number of carbonyl (C=O) groups excluding carboxylic acids is 1. The Balaban J connectivity index is 1.77. The van der Waals surface area contributed by atoms with Gasteiger partial charge in [0.2, 0.25) is 0 Å².